The molecule has 2 aromatic rings. The number of benzene rings is 2. The van der Waals surface area contributed by atoms with E-state index >= 15 is 0 Å². The predicted octanol–water partition coefficient (Wildman–Crippen LogP) is 3.75. The van der Waals surface area contributed by atoms with Crippen LogP contribution in [0.4, 0.5) is 0 Å². The lowest BCUT2D eigenvalue weighted by atomic mass is 10.0. The van der Waals surface area contributed by atoms with Gasteiger partial charge < -0.3 is 0 Å². The molecule has 0 aliphatic rings. The summed E-state index contributed by atoms with van der Waals surface area (Å²) < 4.78 is 22.8. The van der Waals surface area contributed by atoms with Crippen molar-refractivity contribution in [1.82, 2.24) is 0 Å². The summed E-state index contributed by atoms with van der Waals surface area (Å²) in [7, 11) is 1.60. The summed E-state index contributed by atoms with van der Waals surface area (Å²) in [6.07, 6.45) is 0. The first-order chi connectivity index (χ1) is 9.35. The van der Waals surface area contributed by atoms with Gasteiger partial charge in [0.2, 0.25) is 9.05 Å². The lowest BCUT2D eigenvalue weighted by Gasteiger charge is -2.03. The number of halogens is 2. The smallest absolute Gasteiger partial charge is 0.236 e. The number of ketones is 1. The molecule has 0 aliphatic heterocycles. The van der Waals surface area contributed by atoms with Crippen LogP contribution in [0, 0.1) is 0 Å². The number of hydrogen-bond acceptors (Lipinski definition) is 3. The van der Waals surface area contributed by atoms with Gasteiger partial charge in [0, 0.05) is 26.3 Å². The van der Waals surface area contributed by atoms with Crippen molar-refractivity contribution in [2.45, 2.75) is 5.75 Å². The van der Waals surface area contributed by atoms with E-state index in [0.717, 1.165) is 4.47 Å². The van der Waals surface area contributed by atoms with Crippen LogP contribution in [0.1, 0.15) is 21.5 Å². The summed E-state index contributed by atoms with van der Waals surface area (Å²) in [5.74, 6) is -0.362. The Morgan fingerprint density at radius 1 is 0.950 bits per heavy atom. The Bertz CT molecular complexity index is 722. The highest BCUT2D eigenvalue weighted by molar-refractivity contribution is 9.10. The van der Waals surface area contributed by atoms with E-state index in [-0.39, 0.29) is 11.5 Å². The first-order valence-electron chi connectivity index (χ1n) is 5.67. The van der Waals surface area contributed by atoms with Gasteiger partial charge in [-0.3, -0.25) is 4.79 Å². The van der Waals surface area contributed by atoms with Crippen LogP contribution in [0.2, 0.25) is 0 Å². The molecule has 2 aromatic carbocycles. The minimum absolute atomic E-state index is 0.113. The normalized spacial score (nSPS) is 11.3. The van der Waals surface area contributed by atoms with Crippen LogP contribution in [0.3, 0.4) is 0 Å². The fourth-order valence-electron chi connectivity index (χ4n) is 1.72. The van der Waals surface area contributed by atoms with Gasteiger partial charge in [-0.1, -0.05) is 40.2 Å². The van der Waals surface area contributed by atoms with Gasteiger partial charge in [0.1, 0.15) is 0 Å². The Hall–Kier alpha value is -1.17. The fraction of sp³-hybridized carbons (Fsp3) is 0.0714. The number of carbonyl (C=O) groups excluding carboxylic acids is 1. The molecule has 0 fully saturated rings. The van der Waals surface area contributed by atoms with E-state index in [4.69, 9.17) is 10.7 Å². The van der Waals surface area contributed by atoms with Crippen LogP contribution in [0.25, 0.3) is 0 Å². The molecule has 104 valence electrons. The third-order valence-corrected chi connectivity index (χ3v) is 4.20. The van der Waals surface area contributed by atoms with Crippen molar-refractivity contribution in [2.24, 2.45) is 0 Å². The van der Waals surface area contributed by atoms with Crippen molar-refractivity contribution in [3.05, 3.63) is 69.7 Å². The molecule has 2 rings (SSSR count). The Kier molecular flexibility index (Phi) is 4.62. The molecule has 3 nitrogen and oxygen atoms in total. The van der Waals surface area contributed by atoms with Crippen molar-refractivity contribution >= 4 is 41.4 Å². The third-order valence-electron chi connectivity index (χ3n) is 2.66. The van der Waals surface area contributed by atoms with Crippen LogP contribution < -0.4 is 0 Å². The van der Waals surface area contributed by atoms with E-state index in [1.807, 2.05) is 0 Å². The maximum absolute atomic E-state index is 12.2. The number of carbonyl (C=O) groups is 1. The maximum Gasteiger partial charge on any atom is 0.236 e. The molecule has 0 bridgehead atoms. The van der Waals surface area contributed by atoms with Crippen LogP contribution in [-0.2, 0) is 14.8 Å². The van der Waals surface area contributed by atoms with Crippen molar-refractivity contribution in [1.29, 1.82) is 0 Å². The highest BCUT2D eigenvalue weighted by Gasteiger charge is 2.11. The molecule has 20 heavy (non-hydrogen) atoms. The topological polar surface area (TPSA) is 51.2 Å². The molecule has 0 aliphatic carbocycles. The second-order valence-electron chi connectivity index (χ2n) is 4.22. The first kappa shape index (κ1) is 15.2. The lowest BCUT2D eigenvalue weighted by molar-refractivity contribution is 0.103. The number of rotatable bonds is 4. The quantitative estimate of drug-likeness (QED) is 0.606. The zero-order chi connectivity index (χ0) is 14.8. The van der Waals surface area contributed by atoms with Gasteiger partial charge in [-0.25, -0.2) is 8.42 Å². The van der Waals surface area contributed by atoms with E-state index in [0.29, 0.717) is 16.7 Å². The van der Waals surface area contributed by atoms with Crippen LogP contribution in [0.15, 0.2) is 53.0 Å². The minimum atomic E-state index is -3.59. The Labute approximate surface area is 130 Å². The van der Waals surface area contributed by atoms with Crippen molar-refractivity contribution < 1.29 is 13.2 Å². The summed E-state index contributed by atoms with van der Waals surface area (Å²) in [6, 6.07) is 13.4. The molecule has 0 saturated heterocycles. The fourth-order valence-corrected chi connectivity index (χ4v) is 2.95. The van der Waals surface area contributed by atoms with Gasteiger partial charge in [0.05, 0.1) is 5.75 Å². The molecule has 0 unspecified atom stereocenters. The molecule has 0 atom stereocenters. The molecule has 0 aromatic heterocycles. The number of hydrogen-bond donors (Lipinski definition) is 0. The minimum Gasteiger partial charge on any atom is -0.289 e. The van der Waals surface area contributed by atoms with E-state index in [2.05, 4.69) is 15.9 Å². The maximum atomic E-state index is 12.2. The second kappa shape index (κ2) is 6.08. The highest BCUT2D eigenvalue weighted by Crippen LogP contribution is 2.16. The van der Waals surface area contributed by atoms with Gasteiger partial charge >= 0.3 is 0 Å². The summed E-state index contributed by atoms with van der Waals surface area (Å²) in [4.78, 5) is 12.2. The molecular formula is C14H10BrClO3S. The molecule has 0 saturated carbocycles. The highest BCUT2D eigenvalue weighted by atomic mass is 79.9. The lowest BCUT2D eigenvalue weighted by Crippen LogP contribution is -2.02. The standard InChI is InChI=1S/C14H10BrClO3S/c15-13-7-5-12(6-8-13)14(17)11-3-1-10(2-4-11)9-20(16,18)19/h1-8H,9H2. The van der Waals surface area contributed by atoms with E-state index in [1.54, 1.807) is 48.5 Å². The molecule has 0 heterocycles. The Balaban J connectivity index is 2.21. The van der Waals surface area contributed by atoms with E-state index < -0.39 is 9.05 Å². The average molecular weight is 374 g/mol. The van der Waals surface area contributed by atoms with Crippen molar-refractivity contribution in [3.63, 3.8) is 0 Å². The SMILES string of the molecule is O=C(c1ccc(Br)cc1)c1ccc(CS(=O)(=O)Cl)cc1. The third kappa shape index (κ3) is 4.16. The van der Waals surface area contributed by atoms with Gasteiger partial charge in [-0.2, -0.15) is 0 Å². The zero-order valence-electron chi connectivity index (χ0n) is 10.2. The Morgan fingerprint density at radius 2 is 1.40 bits per heavy atom. The van der Waals surface area contributed by atoms with Crippen molar-refractivity contribution in [2.75, 3.05) is 0 Å². The van der Waals surface area contributed by atoms with Gasteiger partial charge in [0.15, 0.2) is 5.78 Å². The average Bonchev–Trinajstić information content (AvgIpc) is 2.38. The van der Waals surface area contributed by atoms with Crippen LogP contribution >= 0.6 is 26.6 Å². The summed E-state index contributed by atoms with van der Waals surface area (Å²) in [6.45, 7) is 0. The van der Waals surface area contributed by atoms with Gasteiger partial charge in [-0.15, -0.1) is 0 Å². The second-order valence-corrected chi connectivity index (χ2v) is 7.91. The van der Waals surface area contributed by atoms with Crippen LogP contribution in [0.5, 0.6) is 0 Å². The summed E-state index contributed by atoms with van der Waals surface area (Å²) in [5, 5.41) is 0. The molecule has 0 amide bonds. The largest absolute Gasteiger partial charge is 0.289 e. The summed E-state index contributed by atoms with van der Waals surface area (Å²) in [5.41, 5.74) is 1.63. The Morgan fingerprint density at radius 3 is 1.85 bits per heavy atom. The summed E-state index contributed by atoms with van der Waals surface area (Å²) >= 11 is 3.31. The van der Waals surface area contributed by atoms with E-state index in [9.17, 15) is 13.2 Å². The predicted molar refractivity (Wildman–Crippen MR) is 82.5 cm³/mol. The first-order valence-corrected chi connectivity index (χ1v) is 8.94. The van der Waals surface area contributed by atoms with Crippen LogP contribution in [-0.4, -0.2) is 14.2 Å². The van der Waals surface area contributed by atoms with E-state index in [1.165, 1.54) is 0 Å². The monoisotopic (exact) mass is 372 g/mol. The zero-order valence-corrected chi connectivity index (χ0v) is 13.4. The van der Waals surface area contributed by atoms with Gasteiger partial charge in [-0.05, 0) is 29.8 Å². The molecule has 0 N–H and O–H groups in total. The molecule has 0 spiro atoms. The molecule has 6 heteroatoms. The van der Waals surface area contributed by atoms with Crippen molar-refractivity contribution in [3.8, 4) is 0 Å². The molecular weight excluding hydrogens is 364 g/mol. The van der Waals surface area contributed by atoms with Gasteiger partial charge in [0.25, 0.3) is 0 Å². The molecule has 0 radical (unpaired) electrons.